The average Bonchev–Trinajstić information content (AvgIpc) is 1.41. The van der Waals surface area contributed by atoms with Crippen molar-refractivity contribution in [1.82, 2.24) is 0 Å². The zero-order valence-electron chi connectivity index (χ0n) is 4.53. The van der Waals surface area contributed by atoms with Crippen molar-refractivity contribution in [2.75, 3.05) is 0 Å². The van der Waals surface area contributed by atoms with Gasteiger partial charge in [0.25, 0.3) is 0 Å². The predicted octanol–water partition coefficient (Wildman–Crippen LogP) is 2.52. The van der Waals surface area contributed by atoms with Crippen molar-refractivity contribution in [2.24, 2.45) is 0 Å². The molecule has 0 bridgehead atoms. The van der Waals surface area contributed by atoms with Crippen LogP contribution in [0, 0.1) is 0 Å². The fourth-order valence-corrected chi connectivity index (χ4v) is 1.84. The zero-order chi connectivity index (χ0) is 4.12. The van der Waals surface area contributed by atoms with E-state index < -0.39 is 0 Å². The molecule has 0 heterocycles. The Hall–Kier alpha value is 1.10. The van der Waals surface area contributed by atoms with E-state index in [4.69, 9.17) is 0 Å². The van der Waals surface area contributed by atoms with Crippen molar-refractivity contribution in [3.05, 3.63) is 0 Å². The van der Waals surface area contributed by atoms with Crippen LogP contribution in [-0.4, -0.2) is 0 Å². The molecule has 6 heavy (non-hydrogen) atoms. The van der Waals surface area contributed by atoms with E-state index in [0.717, 1.165) is 0 Å². The third kappa shape index (κ3) is 8.92. The first kappa shape index (κ1) is 10.2. The summed E-state index contributed by atoms with van der Waals surface area (Å²) in [5.74, 6) is 0. The topological polar surface area (TPSA) is 0 Å². The Morgan fingerprint density at radius 3 is 1.50 bits per heavy atom. The van der Waals surface area contributed by atoms with Gasteiger partial charge in [0.2, 0.25) is 0 Å². The number of hydrogen-bond acceptors (Lipinski definition) is 0. The van der Waals surface area contributed by atoms with Crippen LogP contribution in [-0.2, 0) is 17.1 Å². The molecule has 0 radical (unpaired) electrons. The average molecular weight is 204 g/mol. The van der Waals surface area contributed by atoms with E-state index in [1.165, 1.54) is 10.0 Å². The quantitative estimate of drug-likeness (QED) is 0.606. The Bertz CT molecular complexity index is 15.0. The van der Waals surface area contributed by atoms with Gasteiger partial charge in [-0.25, -0.2) is 0 Å². The van der Waals surface area contributed by atoms with Crippen LogP contribution in [0.3, 0.4) is 0 Å². The summed E-state index contributed by atoms with van der Waals surface area (Å²) >= 11 is 0.0972. The molecule has 0 aromatic heterocycles. The summed E-state index contributed by atoms with van der Waals surface area (Å²) in [7, 11) is 0. The Labute approximate surface area is 58.1 Å². The molecule has 0 aromatic rings. The molecular formula is C4H11BrZn. The van der Waals surface area contributed by atoms with E-state index in [2.05, 4.69) is 13.8 Å². The molecule has 0 rings (SSSR count). The van der Waals surface area contributed by atoms with Gasteiger partial charge in [-0.1, -0.05) is 0 Å². The molecule has 0 aromatic carbocycles. The normalized spacial score (nSPS) is 5.67. The standard InChI is InChI=1S/2C2H5.BrH.Zn/c2*1-2;;/h2*1H2,2H3;1H;. The van der Waals surface area contributed by atoms with Crippen LogP contribution in [0.5, 0.6) is 0 Å². The summed E-state index contributed by atoms with van der Waals surface area (Å²) in [5, 5.41) is 3.06. The van der Waals surface area contributed by atoms with Gasteiger partial charge < -0.3 is 0 Å². The van der Waals surface area contributed by atoms with Crippen molar-refractivity contribution in [2.45, 2.75) is 23.9 Å². The monoisotopic (exact) mass is 202 g/mol. The Morgan fingerprint density at radius 1 is 1.17 bits per heavy atom. The molecule has 0 aliphatic carbocycles. The molecule has 0 atom stereocenters. The number of halogens is 1. The first-order valence-electron chi connectivity index (χ1n) is 2.41. The number of rotatable bonds is 2. The molecule has 2 heteroatoms. The molecule has 0 saturated carbocycles. The minimum absolute atomic E-state index is 0. The Balaban J connectivity index is 0. The van der Waals surface area contributed by atoms with Crippen LogP contribution in [0.15, 0.2) is 0 Å². The van der Waals surface area contributed by atoms with Crippen LogP contribution < -0.4 is 0 Å². The Morgan fingerprint density at radius 2 is 1.50 bits per heavy atom. The maximum atomic E-state index is 2.30. The van der Waals surface area contributed by atoms with Gasteiger partial charge in [0.15, 0.2) is 0 Å². The zero-order valence-corrected chi connectivity index (χ0v) is 9.21. The van der Waals surface area contributed by atoms with Gasteiger partial charge in [-0.3, -0.25) is 0 Å². The van der Waals surface area contributed by atoms with E-state index >= 15 is 0 Å². The SMILES string of the molecule is Br.C[CH2][Zn][CH2]C. The van der Waals surface area contributed by atoms with E-state index in [-0.39, 0.29) is 34.1 Å². The van der Waals surface area contributed by atoms with Crippen LogP contribution in [0.25, 0.3) is 0 Å². The molecule has 36 valence electrons. The minimum atomic E-state index is 0. The molecule has 0 amide bonds. The van der Waals surface area contributed by atoms with Gasteiger partial charge >= 0.3 is 41.0 Å². The van der Waals surface area contributed by atoms with Gasteiger partial charge in [-0.05, 0) is 0 Å². The summed E-state index contributed by atoms with van der Waals surface area (Å²) in [5.41, 5.74) is 0. The second-order valence-electron chi connectivity index (χ2n) is 1.35. The first-order valence-corrected chi connectivity index (χ1v) is 6.61. The van der Waals surface area contributed by atoms with Gasteiger partial charge in [-0.15, -0.1) is 17.0 Å². The van der Waals surface area contributed by atoms with Gasteiger partial charge in [0.1, 0.15) is 0 Å². The molecule has 0 saturated heterocycles. The Kier molecular flexibility index (Phi) is 16.0. The molecule has 0 fully saturated rings. The van der Waals surface area contributed by atoms with Gasteiger partial charge in [0, 0.05) is 0 Å². The summed E-state index contributed by atoms with van der Waals surface area (Å²) < 4.78 is 0. The molecule has 0 N–H and O–H groups in total. The fourth-order valence-electron chi connectivity index (χ4n) is 0.354. The van der Waals surface area contributed by atoms with Crippen LogP contribution >= 0.6 is 17.0 Å². The van der Waals surface area contributed by atoms with Gasteiger partial charge in [0.05, 0.1) is 0 Å². The van der Waals surface area contributed by atoms with E-state index in [9.17, 15) is 0 Å². The molecule has 0 aliphatic rings. The first-order chi connectivity index (χ1) is 2.41. The van der Waals surface area contributed by atoms with Gasteiger partial charge in [-0.2, -0.15) is 0 Å². The third-order valence-electron chi connectivity index (χ3n) is 0.707. The maximum absolute atomic E-state index is 2.30. The van der Waals surface area contributed by atoms with Crippen LogP contribution in [0.2, 0.25) is 10.0 Å². The summed E-state index contributed by atoms with van der Waals surface area (Å²) in [4.78, 5) is 0. The fraction of sp³-hybridized carbons (Fsp3) is 1.00. The predicted molar refractivity (Wildman–Crippen MR) is 31.3 cm³/mol. The molecule has 0 aliphatic heterocycles. The summed E-state index contributed by atoms with van der Waals surface area (Å²) in [6.07, 6.45) is 0. The van der Waals surface area contributed by atoms with Crippen molar-refractivity contribution >= 4 is 17.0 Å². The third-order valence-corrected chi connectivity index (χ3v) is 3.67. The van der Waals surface area contributed by atoms with E-state index in [0.29, 0.717) is 0 Å². The van der Waals surface area contributed by atoms with E-state index in [1.807, 2.05) is 0 Å². The van der Waals surface area contributed by atoms with E-state index in [1.54, 1.807) is 0 Å². The van der Waals surface area contributed by atoms with Crippen LogP contribution in [0.1, 0.15) is 13.8 Å². The molecule has 0 nitrogen and oxygen atoms in total. The molecule has 0 unspecified atom stereocenters. The van der Waals surface area contributed by atoms with Crippen molar-refractivity contribution in [1.29, 1.82) is 0 Å². The number of hydrogen-bond donors (Lipinski definition) is 0. The second-order valence-corrected chi connectivity index (χ2v) is 7.03. The molecule has 0 spiro atoms. The van der Waals surface area contributed by atoms with Crippen molar-refractivity contribution < 1.29 is 17.1 Å². The second kappa shape index (κ2) is 9.44. The summed E-state index contributed by atoms with van der Waals surface area (Å²) in [6.45, 7) is 4.59. The van der Waals surface area contributed by atoms with Crippen LogP contribution in [0.4, 0.5) is 0 Å². The van der Waals surface area contributed by atoms with Crippen molar-refractivity contribution in [3.8, 4) is 0 Å². The summed E-state index contributed by atoms with van der Waals surface area (Å²) in [6, 6.07) is 0. The molecular weight excluding hydrogens is 193 g/mol. The van der Waals surface area contributed by atoms with Crippen molar-refractivity contribution in [3.63, 3.8) is 0 Å².